The highest BCUT2D eigenvalue weighted by Gasteiger charge is 2.11. The molecule has 0 bridgehead atoms. The molecule has 0 aromatic heterocycles. The van der Waals surface area contributed by atoms with E-state index in [0.29, 0.717) is 0 Å². The zero-order valence-electron chi connectivity index (χ0n) is 12.0. The Morgan fingerprint density at radius 3 is 2.35 bits per heavy atom. The van der Waals surface area contributed by atoms with Gasteiger partial charge in [0.15, 0.2) is 6.67 Å². The maximum absolute atomic E-state index is 10.3. The zero-order chi connectivity index (χ0) is 15.0. The molecule has 1 aliphatic rings. The molecule has 1 aliphatic heterocycles. The molecule has 20 heavy (non-hydrogen) atoms. The molecule has 0 fully saturated rings. The van der Waals surface area contributed by atoms with E-state index in [2.05, 4.69) is 31.3 Å². The zero-order valence-corrected chi connectivity index (χ0v) is 12.8. The van der Waals surface area contributed by atoms with Crippen LogP contribution in [0.1, 0.15) is 19.8 Å². The minimum Gasteiger partial charge on any atom is -0.744 e. The summed E-state index contributed by atoms with van der Waals surface area (Å²) >= 11 is 0. The molecule has 5 nitrogen and oxygen atoms in total. The third-order valence-electron chi connectivity index (χ3n) is 2.90. The van der Waals surface area contributed by atoms with Crippen LogP contribution in [-0.2, 0) is 10.1 Å². The highest BCUT2D eigenvalue weighted by Crippen LogP contribution is 2.04. The fourth-order valence-electron chi connectivity index (χ4n) is 1.81. The molecule has 1 unspecified atom stereocenters. The van der Waals surface area contributed by atoms with Crippen LogP contribution in [0.4, 0.5) is 0 Å². The third-order valence-corrected chi connectivity index (χ3v) is 3.75. The van der Waals surface area contributed by atoms with Gasteiger partial charge in [-0.05, 0) is 18.6 Å². The van der Waals surface area contributed by atoms with Crippen molar-refractivity contribution < 1.29 is 17.9 Å². The predicted octanol–water partition coefficient (Wildman–Crippen LogP) is 0.636. The van der Waals surface area contributed by atoms with Gasteiger partial charge in [0, 0.05) is 7.05 Å². The van der Waals surface area contributed by atoms with Crippen molar-refractivity contribution in [1.82, 2.24) is 4.90 Å². The molecular formula is C14H22N2O3S. The Bertz CT molecular complexity index is 514. The maximum Gasteiger partial charge on any atom is 0.156 e. The van der Waals surface area contributed by atoms with Crippen LogP contribution in [0.15, 0.2) is 47.6 Å². The van der Waals surface area contributed by atoms with E-state index in [0.717, 1.165) is 6.67 Å². The SMILES string of the molecule is CCCC[NH+]1C=CN(C)C1.O=S(=O)([O-])c1ccccc1. The molecule has 112 valence electrons. The van der Waals surface area contributed by atoms with E-state index in [1.54, 1.807) is 11.0 Å². The van der Waals surface area contributed by atoms with Crippen LogP contribution in [0.25, 0.3) is 0 Å². The highest BCUT2D eigenvalue weighted by atomic mass is 32.2. The third kappa shape index (κ3) is 6.18. The first-order valence-electron chi connectivity index (χ1n) is 6.67. The number of rotatable bonds is 4. The number of nitrogens with zero attached hydrogens (tertiary/aromatic N) is 1. The fourth-order valence-corrected chi connectivity index (χ4v) is 2.30. The number of benzene rings is 1. The second-order valence-corrected chi connectivity index (χ2v) is 6.14. The van der Waals surface area contributed by atoms with Gasteiger partial charge in [-0.3, -0.25) is 4.90 Å². The Balaban J connectivity index is 0.000000200. The van der Waals surface area contributed by atoms with E-state index in [1.165, 1.54) is 43.7 Å². The lowest BCUT2D eigenvalue weighted by atomic mass is 10.3. The van der Waals surface area contributed by atoms with Crippen LogP contribution < -0.4 is 4.90 Å². The van der Waals surface area contributed by atoms with Crippen molar-refractivity contribution in [2.45, 2.75) is 24.7 Å². The number of quaternary nitrogens is 1. The molecule has 1 atom stereocenters. The van der Waals surface area contributed by atoms with Crippen molar-refractivity contribution in [3.63, 3.8) is 0 Å². The second-order valence-electron chi connectivity index (χ2n) is 4.76. The van der Waals surface area contributed by atoms with Gasteiger partial charge in [0.1, 0.15) is 16.3 Å². The molecule has 0 spiro atoms. The summed E-state index contributed by atoms with van der Waals surface area (Å²) < 4.78 is 30.8. The minimum atomic E-state index is -4.25. The molecule has 1 aromatic carbocycles. The first-order valence-corrected chi connectivity index (χ1v) is 8.08. The molecule has 2 rings (SSSR count). The summed E-state index contributed by atoms with van der Waals surface area (Å²) in [7, 11) is -2.13. The molecule has 6 heteroatoms. The summed E-state index contributed by atoms with van der Waals surface area (Å²) in [6.45, 7) is 4.68. The first kappa shape index (κ1) is 16.7. The predicted molar refractivity (Wildman–Crippen MR) is 76.9 cm³/mol. The smallest absolute Gasteiger partial charge is 0.156 e. The Labute approximate surface area is 121 Å². The van der Waals surface area contributed by atoms with Crippen molar-refractivity contribution in [2.75, 3.05) is 20.3 Å². The maximum atomic E-state index is 10.3. The quantitative estimate of drug-likeness (QED) is 0.828. The molecule has 0 amide bonds. The summed E-state index contributed by atoms with van der Waals surface area (Å²) in [6.07, 6.45) is 7.05. The van der Waals surface area contributed by atoms with Gasteiger partial charge in [-0.2, -0.15) is 0 Å². The monoisotopic (exact) mass is 298 g/mol. The van der Waals surface area contributed by atoms with Crippen LogP contribution in [-0.4, -0.2) is 38.1 Å². The molecule has 0 saturated heterocycles. The molecule has 1 heterocycles. The molecule has 1 N–H and O–H groups in total. The second kappa shape index (κ2) is 8.04. The van der Waals surface area contributed by atoms with E-state index in [9.17, 15) is 13.0 Å². The van der Waals surface area contributed by atoms with Gasteiger partial charge in [0.2, 0.25) is 0 Å². The van der Waals surface area contributed by atoms with Gasteiger partial charge < -0.3 is 9.45 Å². The summed E-state index contributed by atoms with van der Waals surface area (Å²) in [5.41, 5.74) is 0. The van der Waals surface area contributed by atoms with Crippen LogP contribution in [0.2, 0.25) is 0 Å². The molecule has 0 aliphatic carbocycles. The van der Waals surface area contributed by atoms with E-state index in [4.69, 9.17) is 0 Å². The minimum absolute atomic E-state index is 0.185. The van der Waals surface area contributed by atoms with Crippen molar-refractivity contribution >= 4 is 10.1 Å². The number of nitrogens with one attached hydrogen (secondary N) is 1. The van der Waals surface area contributed by atoms with Gasteiger partial charge >= 0.3 is 0 Å². The summed E-state index contributed by atoms with van der Waals surface area (Å²) in [4.78, 5) is 3.63. The standard InChI is InChI=1S/C8H16N2.C6H6O3S/c1-3-4-5-10-7-6-9(2)8-10;7-10(8,9)6-4-2-1-3-5-6/h6-7H,3-5,8H2,1-2H3;1-5H,(H,7,8,9). The van der Waals surface area contributed by atoms with Gasteiger partial charge in [-0.25, -0.2) is 8.42 Å². The molecule has 1 aromatic rings. The summed E-state index contributed by atoms with van der Waals surface area (Å²) in [6, 6.07) is 7.19. The number of hydrogen-bond acceptors (Lipinski definition) is 4. The molecular weight excluding hydrogens is 276 g/mol. The average molecular weight is 298 g/mol. The first-order chi connectivity index (χ1) is 9.43. The normalized spacial score (nSPS) is 17.8. The van der Waals surface area contributed by atoms with Crippen LogP contribution >= 0.6 is 0 Å². The largest absolute Gasteiger partial charge is 0.744 e. The van der Waals surface area contributed by atoms with Crippen molar-refractivity contribution in [3.05, 3.63) is 42.7 Å². The van der Waals surface area contributed by atoms with Gasteiger partial charge in [0.05, 0.1) is 17.6 Å². The molecule has 0 radical (unpaired) electrons. The Morgan fingerprint density at radius 2 is 1.95 bits per heavy atom. The summed E-state index contributed by atoms with van der Waals surface area (Å²) in [5, 5.41) is 0. The summed E-state index contributed by atoms with van der Waals surface area (Å²) in [5.74, 6) is 0. The number of unbranched alkanes of at least 4 members (excludes halogenated alkanes) is 1. The van der Waals surface area contributed by atoms with Gasteiger partial charge in [-0.15, -0.1) is 0 Å². The average Bonchev–Trinajstić information content (AvgIpc) is 2.83. The van der Waals surface area contributed by atoms with Crippen LogP contribution in [0.5, 0.6) is 0 Å². The van der Waals surface area contributed by atoms with E-state index in [1.807, 2.05) is 0 Å². The highest BCUT2D eigenvalue weighted by molar-refractivity contribution is 7.85. The Morgan fingerprint density at radius 1 is 1.30 bits per heavy atom. The van der Waals surface area contributed by atoms with Crippen LogP contribution in [0.3, 0.4) is 0 Å². The lowest BCUT2D eigenvalue weighted by Crippen LogP contribution is -3.07. The van der Waals surface area contributed by atoms with E-state index >= 15 is 0 Å². The van der Waals surface area contributed by atoms with Gasteiger partial charge in [-0.1, -0.05) is 31.5 Å². The van der Waals surface area contributed by atoms with Crippen LogP contribution in [0, 0.1) is 0 Å². The number of hydrogen-bond donors (Lipinski definition) is 1. The van der Waals surface area contributed by atoms with Crippen molar-refractivity contribution in [2.24, 2.45) is 0 Å². The molecule has 0 saturated carbocycles. The van der Waals surface area contributed by atoms with E-state index in [-0.39, 0.29) is 4.90 Å². The lowest BCUT2D eigenvalue weighted by Gasteiger charge is -2.11. The van der Waals surface area contributed by atoms with Crippen molar-refractivity contribution in [3.8, 4) is 0 Å². The lowest BCUT2D eigenvalue weighted by molar-refractivity contribution is -0.848. The Hall–Kier alpha value is -1.37. The van der Waals surface area contributed by atoms with Gasteiger partial charge in [0.25, 0.3) is 0 Å². The topological polar surface area (TPSA) is 64.9 Å². The fraction of sp³-hybridized carbons (Fsp3) is 0.429. The Kier molecular flexibility index (Phi) is 6.70. The van der Waals surface area contributed by atoms with Crippen molar-refractivity contribution in [1.29, 1.82) is 0 Å². The van der Waals surface area contributed by atoms with E-state index < -0.39 is 10.1 Å².